The van der Waals surface area contributed by atoms with Crippen LogP contribution in [-0.2, 0) is 21.4 Å². The number of esters is 1. The number of carbonyl (C=O) groups is 1. The number of aryl methyl sites for hydroxylation is 1. The van der Waals surface area contributed by atoms with Crippen molar-refractivity contribution in [2.75, 3.05) is 6.61 Å². The topological polar surface area (TPSA) is 26.3 Å². The average molecular weight is 338 g/mol. The Morgan fingerprint density at radius 2 is 2.12 bits per heavy atom. The van der Waals surface area contributed by atoms with Crippen molar-refractivity contribution in [1.29, 1.82) is 0 Å². The van der Waals surface area contributed by atoms with Gasteiger partial charge in [-0.25, -0.2) is 0 Å². The molecule has 0 amide bonds. The maximum Gasteiger partial charge on any atom is 0.313 e. The summed E-state index contributed by atoms with van der Waals surface area (Å²) in [5.74, 6) is 3.18. The fourth-order valence-corrected chi connectivity index (χ4v) is 5.39. The highest BCUT2D eigenvalue weighted by atomic mass is 16.5. The predicted octanol–water partition coefficient (Wildman–Crippen LogP) is 5.00. The molecule has 2 aliphatic carbocycles. The van der Waals surface area contributed by atoms with E-state index in [0.717, 1.165) is 32.1 Å². The molecule has 0 heterocycles. The first-order chi connectivity index (χ1) is 11.8. The molecule has 3 rings (SSSR count). The fraction of sp³-hybridized carbons (Fsp3) is 0.609. The van der Waals surface area contributed by atoms with Crippen molar-refractivity contribution in [3.63, 3.8) is 0 Å². The molecule has 0 saturated heterocycles. The number of ether oxygens (including phenoxy) is 1. The molecule has 3 atom stereocenters. The van der Waals surface area contributed by atoms with Crippen LogP contribution in [0.15, 0.2) is 18.2 Å². The second-order valence-electron chi connectivity index (χ2n) is 8.63. The smallest absolute Gasteiger partial charge is 0.313 e. The van der Waals surface area contributed by atoms with Gasteiger partial charge in [0, 0.05) is 0 Å². The molecule has 1 saturated carbocycles. The Hall–Kier alpha value is -1.75. The van der Waals surface area contributed by atoms with Crippen molar-refractivity contribution in [1.82, 2.24) is 0 Å². The van der Waals surface area contributed by atoms with Crippen molar-refractivity contribution in [2.45, 2.75) is 71.1 Å². The molecule has 2 nitrogen and oxygen atoms in total. The Kier molecular flexibility index (Phi) is 4.71. The molecule has 2 heteroatoms. The summed E-state index contributed by atoms with van der Waals surface area (Å²) >= 11 is 0. The normalized spacial score (nSPS) is 31.0. The third-order valence-electron chi connectivity index (χ3n) is 6.80. The quantitative estimate of drug-likeness (QED) is 0.573. The molecule has 0 bridgehead atoms. The standard InChI is InChI=1S/C23H30O2/c1-6-14-25-21(24)23(5)13-7-12-22(4)19-10-8-17(16(2)3)15-18(19)9-11-20(22)23/h1,8,10,15-16,20H,7,9,11-14H2,2-5H3/t20-,22-,23-/m1/s1. The van der Waals surface area contributed by atoms with Gasteiger partial charge in [-0.2, -0.15) is 0 Å². The van der Waals surface area contributed by atoms with Crippen molar-refractivity contribution in [2.24, 2.45) is 11.3 Å². The average Bonchev–Trinajstić information content (AvgIpc) is 2.58. The van der Waals surface area contributed by atoms with Gasteiger partial charge in [-0.05, 0) is 66.5 Å². The molecule has 0 unspecified atom stereocenters. The lowest BCUT2D eigenvalue weighted by atomic mass is 9.49. The zero-order valence-electron chi connectivity index (χ0n) is 16.0. The van der Waals surface area contributed by atoms with Crippen LogP contribution in [0.25, 0.3) is 0 Å². The minimum Gasteiger partial charge on any atom is -0.452 e. The van der Waals surface area contributed by atoms with Gasteiger partial charge < -0.3 is 4.74 Å². The molecule has 25 heavy (non-hydrogen) atoms. The van der Waals surface area contributed by atoms with Crippen molar-refractivity contribution < 1.29 is 9.53 Å². The summed E-state index contributed by atoms with van der Waals surface area (Å²) in [6.45, 7) is 9.02. The number of hydrogen-bond acceptors (Lipinski definition) is 2. The molecule has 1 aromatic carbocycles. The van der Waals surface area contributed by atoms with Gasteiger partial charge >= 0.3 is 5.97 Å². The van der Waals surface area contributed by atoms with Gasteiger partial charge in [0.2, 0.25) is 0 Å². The van der Waals surface area contributed by atoms with Crippen LogP contribution < -0.4 is 0 Å². The largest absolute Gasteiger partial charge is 0.452 e. The summed E-state index contributed by atoms with van der Waals surface area (Å²) in [6.07, 6.45) is 10.5. The Bertz CT molecular complexity index is 711. The Labute approximate surface area is 152 Å². The van der Waals surface area contributed by atoms with Crippen LogP contribution in [0.2, 0.25) is 0 Å². The van der Waals surface area contributed by atoms with Crippen molar-refractivity contribution >= 4 is 5.97 Å². The summed E-state index contributed by atoms with van der Waals surface area (Å²) in [7, 11) is 0. The van der Waals surface area contributed by atoms with E-state index in [9.17, 15) is 4.79 Å². The van der Waals surface area contributed by atoms with E-state index >= 15 is 0 Å². The second kappa shape index (κ2) is 6.52. The maximum atomic E-state index is 12.8. The lowest BCUT2D eigenvalue weighted by Gasteiger charge is -2.54. The molecule has 0 spiro atoms. The van der Waals surface area contributed by atoms with Gasteiger partial charge in [-0.1, -0.05) is 51.3 Å². The third-order valence-corrected chi connectivity index (χ3v) is 6.80. The predicted molar refractivity (Wildman–Crippen MR) is 101 cm³/mol. The van der Waals surface area contributed by atoms with E-state index in [-0.39, 0.29) is 18.0 Å². The molecule has 134 valence electrons. The third kappa shape index (κ3) is 2.88. The van der Waals surface area contributed by atoms with E-state index in [1.807, 2.05) is 0 Å². The van der Waals surface area contributed by atoms with E-state index in [1.54, 1.807) is 0 Å². The lowest BCUT2D eigenvalue weighted by Crippen LogP contribution is -2.52. The first kappa shape index (κ1) is 18.1. The van der Waals surface area contributed by atoms with E-state index in [2.05, 4.69) is 51.8 Å². The number of benzene rings is 1. The van der Waals surface area contributed by atoms with Crippen LogP contribution in [0.5, 0.6) is 0 Å². The van der Waals surface area contributed by atoms with Crippen LogP contribution in [0.3, 0.4) is 0 Å². The number of rotatable bonds is 3. The van der Waals surface area contributed by atoms with Gasteiger partial charge in [-0.15, -0.1) is 6.42 Å². The highest BCUT2D eigenvalue weighted by molar-refractivity contribution is 5.77. The van der Waals surface area contributed by atoms with Crippen molar-refractivity contribution in [3.05, 3.63) is 34.9 Å². The number of carbonyl (C=O) groups excluding carboxylic acids is 1. The van der Waals surface area contributed by atoms with Crippen molar-refractivity contribution in [3.8, 4) is 12.3 Å². The number of fused-ring (bicyclic) bond motifs is 3. The molecule has 1 aromatic rings. The van der Waals surface area contributed by atoms with Crippen LogP contribution in [0.1, 0.15) is 76.0 Å². The summed E-state index contributed by atoms with van der Waals surface area (Å²) in [4.78, 5) is 12.8. The number of terminal acetylenes is 1. The summed E-state index contributed by atoms with van der Waals surface area (Å²) in [6, 6.07) is 7.00. The zero-order chi connectivity index (χ0) is 18.2. The summed E-state index contributed by atoms with van der Waals surface area (Å²) < 4.78 is 5.39. The van der Waals surface area contributed by atoms with Crippen LogP contribution >= 0.6 is 0 Å². The SMILES string of the molecule is C#CCOC(=O)[C@]1(C)CCC[C@]2(C)c3ccc(C(C)C)cc3CC[C@@H]12. The highest BCUT2D eigenvalue weighted by Crippen LogP contribution is 2.57. The first-order valence-electron chi connectivity index (χ1n) is 9.57. The van der Waals surface area contributed by atoms with E-state index in [0.29, 0.717) is 11.8 Å². The van der Waals surface area contributed by atoms with Crippen LogP contribution in [0.4, 0.5) is 0 Å². The monoisotopic (exact) mass is 338 g/mol. The van der Waals surface area contributed by atoms with Gasteiger partial charge in [0.25, 0.3) is 0 Å². The minimum absolute atomic E-state index is 0.0469. The Morgan fingerprint density at radius 1 is 1.36 bits per heavy atom. The van der Waals surface area contributed by atoms with E-state index < -0.39 is 5.41 Å². The van der Waals surface area contributed by atoms with Crippen LogP contribution in [0, 0.1) is 23.7 Å². The second-order valence-corrected chi connectivity index (χ2v) is 8.63. The number of hydrogen-bond donors (Lipinski definition) is 0. The molecular formula is C23H30O2. The Morgan fingerprint density at radius 3 is 2.80 bits per heavy atom. The molecular weight excluding hydrogens is 308 g/mol. The summed E-state index contributed by atoms with van der Waals surface area (Å²) in [5.41, 5.74) is 3.95. The molecule has 1 fully saturated rings. The van der Waals surface area contributed by atoms with Gasteiger partial charge in [0.1, 0.15) is 0 Å². The molecule has 2 aliphatic rings. The molecule has 0 radical (unpaired) electrons. The molecule has 0 N–H and O–H groups in total. The van der Waals surface area contributed by atoms with E-state index in [1.165, 1.54) is 16.7 Å². The maximum absolute atomic E-state index is 12.8. The fourth-order valence-electron chi connectivity index (χ4n) is 5.39. The Balaban J connectivity index is 1.98. The van der Waals surface area contributed by atoms with Crippen LogP contribution in [-0.4, -0.2) is 12.6 Å². The lowest BCUT2D eigenvalue weighted by molar-refractivity contribution is -0.163. The minimum atomic E-state index is -0.432. The summed E-state index contributed by atoms with van der Waals surface area (Å²) in [5, 5.41) is 0. The van der Waals surface area contributed by atoms with E-state index in [4.69, 9.17) is 11.2 Å². The van der Waals surface area contributed by atoms with Gasteiger partial charge in [0.15, 0.2) is 6.61 Å². The van der Waals surface area contributed by atoms with Gasteiger partial charge in [-0.3, -0.25) is 4.79 Å². The first-order valence-corrected chi connectivity index (χ1v) is 9.57. The zero-order valence-corrected chi connectivity index (χ0v) is 16.0. The molecule has 0 aliphatic heterocycles. The highest BCUT2D eigenvalue weighted by Gasteiger charge is 2.55. The molecule has 0 aromatic heterocycles. The van der Waals surface area contributed by atoms with Gasteiger partial charge in [0.05, 0.1) is 5.41 Å².